The summed E-state index contributed by atoms with van der Waals surface area (Å²) in [6, 6.07) is 3.93. The number of halogens is 1. The molecule has 0 bridgehead atoms. The van der Waals surface area contributed by atoms with Gasteiger partial charge in [0.1, 0.15) is 0 Å². The van der Waals surface area contributed by atoms with Crippen molar-refractivity contribution < 1.29 is 4.79 Å². The van der Waals surface area contributed by atoms with Crippen molar-refractivity contribution in [3.63, 3.8) is 0 Å². The number of rotatable bonds is 5. The fourth-order valence-electron chi connectivity index (χ4n) is 2.50. The molecule has 0 aromatic carbocycles. The summed E-state index contributed by atoms with van der Waals surface area (Å²) in [5.74, 6) is 1.46. The average molecular weight is 282 g/mol. The van der Waals surface area contributed by atoms with Crippen molar-refractivity contribution in [2.75, 3.05) is 0 Å². The molecule has 0 aliphatic heterocycles. The first-order valence-corrected chi connectivity index (χ1v) is 6.74. The van der Waals surface area contributed by atoms with Gasteiger partial charge < -0.3 is 11.1 Å². The van der Waals surface area contributed by atoms with Crippen LogP contribution >= 0.6 is 12.4 Å². The molecule has 0 spiro atoms. The molecule has 1 aromatic rings. The van der Waals surface area contributed by atoms with Crippen molar-refractivity contribution in [3.05, 3.63) is 29.6 Å². The Bertz CT molecular complexity index is 446. The minimum absolute atomic E-state index is 0. The Morgan fingerprint density at radius 3 is 2.53 bits per heavy atom. The first-order valence-electron chi connectivity index (χ1n) is 6.74. The van der Waals surface area contributed by atoms with Crippen LogP contribution in [0.25, 0.3) is 0 Å². The van der Waals surface area contributed by atoms with E-state index in [1.165, 1.54) is 25.7 Å². The number of carbonyl (C=O) groups is 1. The van der Waals surface area contributed by atoms with E-state index in [4.69, 9.17) is 5.73 Å². The normalized spacial score (nSPS) is 18.0. The molecule has 2 aliphatic rings. The van der Waals surface area contributed by atoms with Crippen molar-refractivity contribution in [1.29, 1.82) is 0 Å². The topological polar surface area (TPSA) is 68.0 Å². The van der Waals surface area contributed by atoms with Crippen LogP contribution in [0.3, 0.4) is 0 Å². The number of nitrogens with one attached hydrogen (secondary N) is 1. The number of amides is 1. The van der Waals surface area contributed by atoms with Gasteiger partial charge in [0.25, 0.3) is 5.91 Å². The standard InChI is InChI=1S/C14H19N3O.ClH/c15-8-12-7-11(5-6-16-12)14(18)17-13(9-1-2-9)10-3-4-10;/h5-7,9-10,13H,1-4,8,15H2,(H,17,18);1H. The Labute approximate surface area is 119 Å². The molecule has 5 heteroatoms. The van der Waals surface area contributed by atoms with Gasteiger partial charge in [-0.05, 0) is 49.7 Å². The highest BCUT2D eigenvalue weighted by atomic mass is 35.5. The lowest BCUT2D eigenvalue weighted by Gasteiger charge is -2.17. The number of nitrogens with two attached hydrogens (primary N) is 1. The fraction of sp³-hybridized carbons (Fsp3) is 0.571. The number of pyridine rings is 1. The van der Waals surface area contributed by atoms with E-state index in [-0.39, 0.29) is 18.3 Å². The van der Waals surface area contributed by atoms with Crippen LogP contribution in [0.1, 0.15) is 41.7 Å². The van der Waals surface area contributed by atoms with E-state index in [0.717, 1.165) is 17.5 Å². The van der Waals surface area contributed by atoms with E-state index in [2.05, 4.69) is 10.3 Å². The largest absolute Gasteiger partial charge is 0.349 e. The van der Waals surface area contributed by atoms with Crippen LogP contribution in [0.2, 0.25) is 0 Å². The predicted octanol–water partition coefficient (Wildman–Crippen LogP) is 1.88. The van der Waals surface area contributed by atoms with Crippen LogP contribution < -0.4 is 11.1 Å². The summed E-state index contributed by atoms with van der Waals surface area (Å²) < 4.78 is 0. The maximum absolute atomic E-state index is 12.2. The highest BCUT2D eigenvalue weighted by Crippen LogP contribution is 2.44. The number of nitrogens with zero attached hydrogens (tertiary/aromatic N) is 1. The highest BCUT2D eigenvalue weighted by Gasteiger charge is 2.42. The third-order valence-electron chi connectivity index (χ3n) is 3.85. The molecule has 2 saturated carbocycles. The Morgan fingerprint density at radius 1 is 1.37 bits per heavy atom. The molecule has 0 atom stereocenters. The average Bonchev–Trinajstić information content (AvgIpc) is 3.29. The Morgan fingerprint density at radius 2 is 2.00 bits per heavy atom. The number of aromatic nitrogens is 1. The summed E-state index contributed by atoms with van der Waals surface area (Å²) in [7, 11) is 0. The summed E-state index contributed by atoms with van der Waals surface area (Å²) in [5, 5.41) is 3.20. The number of hydrogen-bond donors (Lipinski definition) is 2. The quantitative estimate of drug-likeness (QED) is 0.866. The minimum Gasteiger partial charge on any atom is -0.349 e. The minimum atomic E-state index is 0. The van der Waals surface area contributed by atoms with Crippen molar-refractivity contribution in [3.8, 4) is 0 Å². The van der Waals surface area contributed by atoms with E-state index in [0.29, 0.717) is 18.2 Å². The summed E-state index contributed by atoms with van der Waals surface area (Å²) in [5.41, 5.74) is 6.98. The van der Waals surface area contributed by atoms with E-state index in [1.807, 2.05) is 0 Å². The van der Waals surface area contributed by atoms with Gasteiger partial charge in [-0.2, -0.15) is 0 Å². The van der Waals surface area contributed by atoms with Crippen LogP contribution in [-0.4, -0.2) is 16.9 Å². The maximum Gasteiger partial charge on any atom is 0.251 e. The van der Waals surface area contributed by atoms with Gasteiger partial charge in [-0.25, -0.2) is 0 Å². The van der Waals surface area contributed by atoms with Crippen molar-refractivity contribution in [2.24, 2.45) is 17.6 Å². The lowest BCUT2D eigenvalue weighted by molar-refractivity contribution is 0.0926. The lowest BCUT2D eigenvalue weighted by atomic mass is 10.1. The van der Waals surface area contributed by atoms with Crippen molar-refractivity contribution in [2.45, 2.75) is 38.3 Å². The van der Waals surface area contributed by atoms with Crippen molar-refractivity contribution >= 4 is 18.3 Å². The Balaban J connectivity index is 0.00000133. The molecule has 1 heterocycles. The third kappa shape index (κ3) is 3.45. The first-order chi connectivity index (χ1) is 8.78. The molecule has 4 nitrogen and oxygen atoms in total. The van der Waals surface area contributed by atoms with Gasteiger partial charge in [0.2, 0.25) is 0 Å². The second kappa shape index (κ2) is 5.88. The lowest BCUT2D eigenvalue weighted by Crippen LogP contribution is -2.38. The summed E-state index contributed by atoms with van der Waals surface area (Å²) in [6.45, 7) is 0.371. The smallest absolute Gasteiger partial charge is 0.251 e. The SMILES string of the molecule is Cl.NCc1cc(C(=O)NC(C2CC2)C2CC2)ccn1. The summed E-state index contributed by atoms with van der Waals surface area (Å²) in [6.07, 6.45) is 6.73. The second-order valence-corrected chi connectivity index (χ2v) is 5.41. The maximum atomic E-state index is 12.2. The zero-order valence-electron chi connectivity index (χ0n) is 10.8. The Hall–Kier alpha value is -1.13. The second-order valence-electron chi connectivity index (χ2n) is 5.41. The van der Waals surface area contributed by atoms with Crippen LogP contribution in [0.5, 0.6) is 0 Å². The van der Waals surface area contributed by atoms with E-state index in [1.54, 1.807) is 18.3 Å². The van der Waals surface area contributed by atoms with E-state index < -0.39 is 0 Å². The zero-order chi connectivity index (χ0) is 12.5. The Kier molecular flexibility index (Phi) is 4.42. The molecule has 0 unspecified atom stereocenters. The van der Waals surface area contributed by atoms with Gasteiger partial charge in [-0.3, -0.25) is 9.78 Å². The van der Waals surface area contributed by atoms with Crippen LogP contribution in [0, 0.1) is 11.8 Å². The number of hydrogen-bond acceptors (Lipinski definition) is 3. The molecular weight excluding hydrogens is 262 g/mol. The van der Waals surface area contributed by atoms with E-state index >= 15 is 0 Å². The summed E-state index contributed by atoms with van der Waals surface area (Å²) >= 11 is 0. The number of carbonyl (C=O) groups excluding carboxylic acids is 1. The monoisotopic (exact) mass is 281 g/mol. The molecule has 0 saturated heterocycles. The van der Waals surface area contributed by atoms with Crippen LogP contribution in [0.4, 0.5) is 0 Å². The van der Waals surface area contributed by atoms with Gasteiger partial charge >= 0.3 is 0 Å². The molecular formula is C14H20ClN3O. The van der Waals surface area contributed by atoms with Gasteiger partial charge in [-0.1, -0.05) is 0 Å². The molecule has 2 aliphatic carbocycles. The van der Waals surface area contributed by atoms with Gasteiger partial charge in [0.15, 0.2) is 0 Å². The highest BCUT2D eigenvalue weighted by molar-refractivity contribution is 5.94. The van der Waals surface area contributed by atoms with Gasteiger partial charge in [0, 0.05) is 24.3 Å². The molecule has 0 radical (unpaired) electrons. The summed E-state index contributed by atoms with van der Waals surface area (Å²) in [4.78, 5) is 16.3. The third-order valence-corrected chi connectivity index (χ3v) is 3.85. The molecule has 1 amide bonds. The van der Waals surface area contributed by atoms with Gasteiger partial charge in [-0.15, -0.1) is 12.4 Å². The van der Waals surface area contributed by atoms with Crippen LogP contribution in [0.15, 0.2) is 18.3 Å². The molecule has 2 fully saturated rings. The van der Waals surface area contributed by atoms with Crippen LogP contribution in [-0.2, 0) is 6.54 Å². The molecule has 1 aromatic heterocycles. The molecule has 3 N–H and O–H groups in total. The molecule has 3 rings (SSSR count). The fourth-order valence-corrected chi connectivity index (χ4v) is 2.50. The zero-order valence-corrected chi connectivity index (χ0v) is 11.7. The van der Waals surface area contributed by atoms with Gasteiger partial charge in [0.05, 0.1) is 5.69 Å². The first kappa shape index (κ1) is 14.3. The van der Waals surface area contributed by atoms with Crippen molar-refractivity contribution in [1.82, 2.24) is 10.3 Å². The van der Waals surface area contributed by atoms with E-state index in [9.17, 15) is 4.79 Å². The molecule has 104 valence electrons. The predicted molar refractivity (Wildman–Crippen MR) is 76.1 cm³/mol. The molecule has 19 heavy (non-hydrogen) atoms.